The van der Waals surface area contributed by atoms with E-state index in [-0.39, 0.29) is 54.6 Å². The van der Waals surface area contributed by atoms with Crippen molar-refractivity contribution >= 4 is 41.8 Å². The van der Waals surface area contributed by atoms with Crippen molar-refractivity contribution in [3.8, 4) is 0 Å². The number of carbonyl (C=O) groups excluding carboxylic acids is 1. The minimum absolute atomic E-state index is 0. The fraction of sp³-hybridized carbons (Fsp3) is 0.333. The second-order valence-electron chi connectivity index (χ2n) is 7.09. The molecule has 0 bridgehead atoms. The first-order valence-corrected chi connectivity index (χ1v) is 9.03. The van der Waals surface area contributed by atoms with Crippen LogP contribution in [0, 0.1) is 11.8 Å². The molecule has 5 nitrogen and oxygen atoms in total. The van der Waals surface area contributed by atoms with Gasteiger partial charge in [0.1, 0.15) is 5.82 Å². The Morgan fingerprint density at radius 2 is 1.61 bits per heavy atom. The Morgan fingerprint density at radius 3 is 2.21 bits per heavy atom. The Balaban J connectivity index is 0.00000196. The van der Waals surface area contributed by atoms with Crippen LogP contribution < -0.4 is 11.1 Å². The Kier molecular flexibility index (Phi) is 8.95. The molecular weight excluding hydrogens is 395 g/mol. The van der Waals surface area contributed by atoms with Crippen LogP contribution in [0.5, 0.6) is 0 Å². The third kappa shape index (κ3) is 5.25. The molecule has 0 fully saturated rings. The third-order valence-corrected chi connectivity index (χ3v) is 4.80. The second kappa shape index (κ2) is 10.5. The minimum atomic E-state index is -0.348. The summed E-state index contributed by atoms with van der Waals surface area (Å²) in [6.07, 6.45) is 0. The molecule has 1 amide bonds. The maximum absolute atomic E-state index is 12.8. The van der Waals surface area contributed by atoms with Gasteiger partial charge in [-0.25, -0.2) is 4.98 Å². The number of rotatable bonds is 6. The number of nitrogens with two attached hydrogens (primary N) is 1. The maximum Gasteiger partial charge on any atom is 0.225 e. The zero-order chi connectivity index (χ0) is 18.7. The lowest BCUT2D eigenvalue weighted by Gasteiger charge is -2.25. The number of benzene rings is 2. The first-order chi connectivity index (χ1) is 12.5. The summed E-state index contributed by atoms with van der Waals surface area (Å²) in [6, 6.07) is 17.0. The fourth-order valence-corrected chi connectivity index (χ4v) is 3.08. The molecule has 0 radical (unpaired) electrons. The molecule has 3 unspecified atom stereocenters. The number of carbonyl (C=O) groups is 1. The molecule has 0 aliphatic rings. The lowest BCUT2D eigenvalue weighted by molar-refractivity contribution is -0.126. The highest BCUT2D eigenvalue weighted by Crippen LogP contribution is 2.25. The Labute approximate surface area is 178 Å². The highest BCUT2D eigenvalue weighted by atomic mass is 35.5. The highest BCUT2D eigenvalue weighted by molar-refractivity contribution is 5.85. The number of aromatic nitrogens is 2. The van der Waals surface area contributed by atoms with Crippen LogP contribution in [0.1, 0.15) is 44.2 Å². The number of nitrogens with one attached hydrogen (secondary N) is 2. The quantitative estimate of drug-likeness (QED) is 0.544. The van der Waals surface area contributed by atoms with Crippen LogP contribution in [-0.2, 0) is 4.79 Å². The molecule has 0 saturated carbocycles. The van der Waals surface area contributed by atoms with Gasteiger partial charge in [0.25, 0.3) is 0 Å². The monoisotopic (exact) mass is 422 g/mol. The van der Waals surface area contributed by atoms with E-state index in [2.05, 4.69) is 29.1 Å². The molecule has 0 saturated heterocycles. The number of hydrogen-bond acceptors (Lipinski definition) is 3. The Morgan fingerprint density at radius 1 is 1.00 bits per heavy atom. The fourth-order valence-electron chi connectivity index (χ4n) is 3.08. The molecule has 3 rings (SSSR count). The molecule has 3 atom stereocenters. The van der Waals surface area contributed by atoms with Gasteiger partial charge in [-0.3, -0.25) is 4.79 Å². The average molecular weight is 423 g/mol. The van der Waals surface area contributed by atoms with Gasteiger partial charge >= 0.3 is 0 Å². The molecule has 0 spiro atoms. The average Bonchev–Trinajstić information content (AvgIpc) is 3.08. The number of imidazole rings is 1. The van der Waals surface area contributed by atoms with E-state index < -0.39 is 0 Å². The van der Waals surface area contributed by atoms with E-state index in [1.165, 1.54) is 0 Å². The van der Waals surface area contributed by atoms with E-state index in [1.54, 1.807) is 0 Å². The Bertz CT molecular complexity index is 849. The van der Waals surface area contributed by atoms with Crippen LogP contribution in [-0.4, -0.2) is 15.9 Å². The lowest BCUT2D eigenvalue weighted by atomic mass is 9.93. The smallest absolute Gasteiger partial charge is 0.225 e. The van der Waals surface area contributed by atoms with Gasteiger partial charge in [0, 0.05) is 6.04 Å². The normalized spacial score (nSPS) is 13.9. The zero-order valence-electron chi connectivity index (χ0n) is 16.3. The van der Waals surface area contributed by atoms with E-state index >= 15 is 0 Å². The number of aromatic amines is 1. The Hall–Kier alpha value is -2.08. The second-order valence-corrected chi connectivity index (χ2v) is 7.09. The van der Waals surface area contributed by atoms with E-state index in [0.717, 1.165) is 22.4 Å². The van der Waals surface area contributed by atoms with Gasteiger partial charge in [-0.05, 0) is 23.6 Å². The molecular formula is C21H28Cl2N4O. The van der Waals surface area contributed by atoms with Crippen LogP contribution in [0.3, 0.4) is 0 Å². The summed E-state index contributed by atoms with van der Waals surface area (Å²) in [4.78, 5) is 20.8. The van der Waals surface area contributed by atoms with Gasteiger partial charge in [-0.1, -0.05) is 63.2 Å². The van der Waals surface area contributed by atoms with Crippen LogP contribution in [0.2, 0.25) is 0 Å². The molecule has 1 heterocycles. The van der Waals surface area contributed by atoms with Crippen molar-refractivity contribution in [1.29, 1.82) is 0 Å². The van der Waals surface area contributed by atoms with Gasteiger partial charge < -0.3 is 16.0 Å². The van der Waals surface area contributed by atoms with E-state index in [4.69, 9.17) is 5.73 Å². The largest absolute Gasteiger partial charge is 0.346 e. The van der Waals surface area contributed by atoms with Crippen molar-refractivity contribution in [3.63, 3.8) is 0 Å². The topological polar surface area (TPSA) is 83.8 Å². The van der Waals surface area contributed by atoms with Crippen molar-refractivity contribution in [3.05, 3.63) is 66.0 Å². The van der Waals surface area contributed by atoms with Gasteiger partial charge in [-0.2, -0.15) is 0 Å². The molecule has 3 aromatic rings. The van der Waals surface area contributed by atoms with Crippen LogP contribution in [0.4, 0.5) is 0 Å². The summed E-state index contributed by atoms with van der Waals surface area (Å²) in [6.45, 7) is 6.00. The molecule has 7 heteroatoms. The summed E-state index contributed by atoms with van der Waals surface area (Å²) in [5.74, 6) is 0.554. The molecule has 0 aliphatic heterocycles. The number of fused-ring (bicyclic) bond motifs is 1. The number of halogens is 2. The lowest BCUT2D eigenvalue weighted by Crippen LogP contribution is -2.39. The summed E-state index contributed by atoms with van der Waals surface area (Å²) in [5, 5.41) is 3.13. The van der Waals surface area contributed by atoms with Crippen LogP contribution in [0.25, 0.3) is 11.0 Å². The van der Waals surface area contributed by atoms with E-state index in [0.29, 0.717) is 0 Å². The summed E-state index contributed by atoms with van der Waals surface area (Å²) in [5.41, 5.74) is 9.13. The van der Waals surface area contributed by atoms with Gasteiger partial charge in [0.05, 0.1) is 23.0 Å². The number of H-pyrrole nitrogens is 1. The van der Waals surface area contributed by atoms with Gasteiger partial charge in [0.2, 0.25) is 5.91 Å². The standard InChI is InChI=1S/C21H26N4O.2ClH/c1-13(2)19(20-23-16-11-7-8-12-17(16)24-20)25-21(26)14(3)18(22)15-9-5-4-6-10-15;;/h4-14,18-19H,22H2,1-3H3,(H,23,24)(H,25,26);2*1H. The predicted molar refractivity (Wildman–Crippen MR) is 119 cm³/mol. The highest BCUT2D eigenvalue weighted by Gasteiger charge is 2.27. The summed E-state index contributed by atoms with van der Waals surface area (Å²) >= 11 is 0. The molecule has 152 valence electrons. The zero-order valence-corrected chi connectivity index (χ0v) is 17.9. The van der Waals surface area contributed by atoms with Crippen LogP contribution >= 0.6 is 24.8 Å². The molecule has 1 aromatic heterocycles. The maximum atomic E-state index is 12.8. The first kappa shape index (κ1) is 24.0. The third-order valence-electron chi connectivity index (χ3n) is 4.80. The number of hydrogen-bond donors (Lipinski definition) is 3. The summed E-state index contributed by atoms with van der Waals surface area (Å²) in [7, 11) is 0. The van der Waals surface area contributed by atoms with Crippen molar-refractivity contribution in [2.24, 2.45) is 17.6 Å². The number of amides is 1. The van der Waals surface area contributed by atoms with E-state index in [1.807, 2.05) is 61.5 Å². The van der Waals surface area contributed by atoms with Crippen molar-refractivity contribution in [2.45, 2.75) is 32.9 Å². The van der Waals surface area contributed by atoms with Crippen molar-refractivity contribution < 1.29 is 4.79 Å². The molecule has 2 aromatic carbocycles. The van der Waals surface area contributed by atoms with Gasteiger partial charge in [0.15, 0.2) is 0 Å². The first-order valence-electron chi connectivity index (χ1n) is 9.03. The molecule has 0 aliphatic carbocycles. The summed E-state index contributed by atoms with van der Waals surface area (Å²) < 4.78 is 0. The predicted octanol–water partition coefficient (Wildman–Crippen LogP) is 4.56. The SMILES string of the molecule is CC(C)C(NC(=O)C(C)C(N)c1ccccc1)c1nc2ccccc2[nH]1.Cl.Cl. The van der Waals surface area contributed by atoms with Crippen molar-refractivity contribution in [1.82, 2.24) is 15.3 Å². The minimum Gasteiger partial charge on any atom is -0.346 e. The van der Waals surface area contributed by atoms with Crippen LogP contribution in [0.15, 0.2) is 54.6 Å². The van der Waals surface area contributed by atoms with Gasteiger partial charge in [-0.15, -0.1) is 24.8 Å². The molecule has 28 heavy (non-hydrogen) atoms. The number of para-hydroxylation sites is 2. The van der Waals surface area contributed by atoms with E-state index in [9.17, 15) is 4.79 Å². The number of nitrogens with zero attached hydrogens (tertiary/aromatic N) is 1. The molecule has 4 N–H and O–H groups in total. The van der Waals surface area contributed by atoms with Crippen molar-refractivity contribution in [2.75, 3.05) is 0 Å².